The number of nitrogens with zero attached hydrogens (tertiary/aromatic N) is 1. The van der Waals surface area contributed by atoms with Crippen LogP contribution in [-0.4, -0.2) is 21.5 Å². The molecule has 0 radical (unpaired) electrons. The highest BCUT2D eigenvalue weighted by Gasteiger charge is 2.21. The van der Waals surface area contributed by atoms with Gasteiger partial charge in [-0.1, -0.05) is 79.7 Å². The van der Waals surface area contributed by atoms with Crippen LogP contribution in [0.3, 0.4) is 0 Å². The lowest BCUT2D eigenvalue weighted by Gasteiger charge is -2.05. The molecule has 200 valence electrons. The summed E-state index contributed by atoms with van der Waals surface area (Å²) >= 11 is 1.55. The van der Waals surface area contributed by atoms with E-state index in [1.54, 1.807) is 11.3 Å². The number of Topliss-reactive ketones (excluding diaryl/α,β-unsaturated/α-hetero) is 2. The smallest absolute Gasteiger partial charge is 0.260 e. The van der Waals surface area contributed by atoms with Crippen molar-refractivity contribution in [1.29, 1.82) is 0 Å². The summed E-state index contributed by atoms with van der Waals surface area (Å²) in [7, 11) is 0. The second-order valence-corrected chi connectivity index (χ2v) is 11.3. The number of hydrogen-bond donors (Lipinski definition) is 1. The highest BCUT2D eigenvalue weighted by Crippen LogP contribution is 2.34. The molecule has 0 aliphatic heterocycles. The molecule has 3 aromatic rings. The molecule has 1 aliphatic carbocycles. The molecule has 1 N–H and O–H groups in total. The number of benzene rings is 1. The van der Waals surface area contributed by atoms with Crippen molar-refractivity contribution >= 4 is 33.1 Å². The molecule has 6 heteroatoms. The standard InChI is InChI=1S/C12H16O.C11H10N2O2S.C5H12.C2H6.H2/c1-3-5-12(13)11-8-6-10(4-2)7-9-11;1-5(14)9-12-10(15)8-6-3-2-4-7(6)16-11(8)13-9;1-5(2,3)4;1-2;/h6-9H,3-5H2,1-2H3;2-4H2,1H3,(H,12,13,15);1-4H3;1-2H3;1H. The van der Waals surface area contributed by atoms with Crippen LogP contribution in [0.15, 0.2) is 29.1 Å². The van der Waals surface area contributed by atoms with E-state index in [9.17, 15) is 14.4 Å². The average molecular weight is 515 g/mol. The number of rotatable bonds is 5. The van der Waals surface area contributed by atoms with Crippen LogP contribution in [0.4, 0.5) is 0 Å². The molecule has 0 spiro atoms. The fourth-order valence-corrected chi connectivity index (χ4v) is 4.73. The first-order valence-electron chi connectivity index (χ1n) is 13.1. The molecule has 0 bridgehead atoms. The normalized spacial score (nSPS) is 11.8. The molecule has 5 nitrogen and oxygen atoms in total. The number of H-pyrrole nitrogens is 1. The lowest BCUT2D eigenvalue weighted by atomic mass is 10.0. The number of fused-ring (bicyclic) bond motifs is 3. The maximum Gasteiger partial charge on any atom is 0.260 e. The van der Waals surface area contributed by atoms with Crippen molar-refractivity contribution in [3.05, 3.63) is 62.0 Å². The lowest BCUT2D eigenvalue weighted by Crippen LogP contribution is -2.14. The molecule has 0 amide bonds. The molecule has 0 atom stereocenters. The van der Waals surface area contributed by atoms with Crippen molar-refractivity contribution in [2.45, 2.75) is 101 Å². The topological polar surface area (TPSA) is 79.9 Å². The number of aryl methyl sites for hydroxylation is 3. The molecule has 0 fully saturated rings. The first-order chi connectivity index (χ1) is 16.9. The molecular weight excluding hydrogens is 468 g/mol. The van der Waals surface area contributed by atoms with Gasteiger partial charge in [0, 0.05) is 25.2 Å². The van der Waals surface area contributed by atoms with E-state index in [2.05, 4.69) is 44.6 Å². The van der Waals surface area contributed by atoms with Crippen molar-refractivity contribution in [3.63, 3.8) is 0 Å². The number of nitrogens with one attached hydrogen (secondary N) is 1. The van der Waals surface area contributed by atoms with Gasteiger partial charge in [-0.15, -0.1) is 11.3 Å². The van der Waals surface area contributed by atoms with Crippen LogP contribution in [0, 0.1) is 5.41 Å². The fourth-order valence-electron chi connectivity index (χ4n) is 3.47. The number of carbonyl (C=O) groups excluding carboxylic acids is 2. The Labute approximate surface area is 222 Å². The van der Waals surface area contributed by atoms with E-state index >= 15 is 0 Å². The number of aromatic amines is 1. The van der Waals surface area contributed by atoms with Crippen molar-refractivity contribution in [2.24, 2.45) is 5.41 Å². The van der Waals surface area contributed by atoms with E-state index in [-0.39, 0.29) is 24.4 Å². The number of aromatic nitrogens is 2. The van der Waals surface area contributed by atoms with Crippen LogP contribution in [0.5, 0.6) is 0 Å². The number of hydrogen-bond acceptors (Lipinski definition) is 5. The summed E-state index contributed by atoms with van der Waals surface area (Å²) in [6, 6.07) is 7.92. The predicted molar refractivity (Wildman–Crippen MR) is 156 cm³/mol. The van der Waals surface area contributed by atoms with Crippen LogP contribution in [0.1, 0.15) is 120 Å². The van der Waals surface area contributed by atoms with Gasteiger partial charge < -0.3 is 4.98 Å². The van der Waals surface area contributed by atoms with Gasteiger partial charge in [-0.05, 0) is 48.6 Å². The molecule has 4 rings (SSSR count). The minimum atomic E-state index is -0.201. The van der Waals surface area contributed by atoms with Crippen LogP contribution in [0.2, 0.25) is 0 Å². The molecule has 0 saturated carbocycles. The molecule has 1 aliphatic rings. The highest BCUT2D eigenvalue weighted by molar-refractivity contribution is 7.18. The molecular formula is C30H46N2O3S. The van der Waals surface area contributed by atoms with Crippen molar-refractivity contribution in [2.75, 3.05) is 0 Å². The van der Waals surface area contributed by atoms with E-state index in [0.717, 1.165) is 43.2 Å². The fraction of sp³-hybridized carbons (Fsp3) is 0.533. The third-order valence-corrected chi connectivity index (χ3v) is 6.26. The number of ketones is 2. The Balaban J connectivity index is 0.000000559. The van der Waals surface area contributed by atoms with Gasteiger partial charge in [-0.2, -0.15) is 0 Å². The Hall–Kier alpha value is -2.60. The van der Waals surface area contributed by atoms with E-state index in [4.69, 9.17) is 0 Å². The van der Waals surface area contributed by atoms with E-state index in [1.807, 2.05) is 45.0 Å². The predicted octanol–water partition coefficient (Wildman–Crippen LogP) is 8.23. The Kier molecular flexibility index (Phi) is 13.0. The maximum atomic E-state index is 11.9. The van der Waals surface area contributed by atoms with E-state index in [1.165, 1.54) is 17.4 Å². The minimum absolute atomic E-state index is 0. The SMILES string of the molecule is CC.CC(=O)c1nc2sc3c(c2c(=O)[nH]1)CCC3.CC(C)(C)C.CCCC(=O)c1ccc(CC)cc1.[HH]. The van der Waals surface area contributed by atoms with Crippen molar-refractivity contribution in [3.8, 4) is 0 Å². The van der Waals surface area contributed by atoms with Crippen LogP contribution in [0.25, 0.3) is 10.2 Å². The van der Waals surface area contributed by atoms with Gasteiger partial charge in [0.05, 0.1) is 5.39 Å². The Morgan fingerprint density at radius 1 is 1.06 bits per heavy atom. The van der Waals surface area contributed by atoms with Gasteiger partial charge >= 0.3 is 0 Å². The van der Waals surface area contributed by atoms with Crippen molar-refractivity contribution in [1.82, 2.24) is 9.97 Å². The first kappa shape index (κ1) is 31.4. The van der Waals surface area contributed by atoms with Gasteiger partial charge in [0.2, 0.25) is 0 Å². The third kappa shape index (κ3) is 9.81. The average Bonchev–Trinajstić information content (AvgIpc) is 3.41. The van der Waals surface area contributed by atoms with E-state index in [0.29, 0.717) is 22.1 Å². The molecule has 36 heavy (non-hydrogen) atoms. The summed E-state index contributed by atoms with van der Waals surface area (Å²) in [6.07, 6.45) is 5.72. The van der Waals surface area contributed by atoms with Gasteiger partial charge in [-0.3, -0.25) is 14.4 Å². The Morgan fingerprint density at radius 2 is 1.64 bits per heavy atom. The quantitative estimate of drug-likeness (QED) is 0.348. The zero-order chi connectivity index (χ0) is 27.5. The largest absolute Gasteiger partial charge is 0.303 e. The summed E-state index contributed by atoms with van der Waals surface area (Å²) in [6.45, 7) is 18.3. The summed E-state index contributed by atoms with van der Waals surface area (Å²) in [5.41, 5.74) is 3.60. The van der Waals surface area contributed by atoms with Crippen LogP contribution >= 0.6 is 11.3 Å². The third-order valence-electron chi connectivity index (χ3n) is 5.07. The number of carbonyl (C=O) groups is 2. The van der Waals surface area contributed by atoms with Crippen LogP contribution < -0.4 is 5.56 Å². The van der Waals surface area contributed by atoms with Crippen LogP contribution in [-0.2, 0) is 19.3 Å². The Morgan fingerprint density at radius 3 is 2.14 bits per heavy atom. The molecule has 2 heterocycles. The van der Waals surface area contributed by atoms with Crippen molar-refractivity contribution < 1.29 is 11.0 Å². The first-order valence-corrected chi connectivity index (χ1v) is 13.9. The zero-order valence-electron chi connectivity index (χ0n) is 23.6. The Bertz CT molecular complexity index is 1180. The van der Waals surface area contributed by atoms with Gasteiger partial charge in [0.25, 0.3) is 5.56 Å². The summed E-state index contributed by atoms with van der Waals surface area (Å²) in [4.78, 5) is 43.3. The minimum Gasteiger partial charge on any atom is -0.303 e. The zero-order valence-corrected chi connectivity index (χ0v) is 24.4. The molecule has 2 aromatic heterocycles. The highest BCUT2D eigenvalue weighted by atomic mass is 32.1. The second-order valence-electron chi connectivity index (χ2n) is 10.2. The van der Waals surface area contributed by atoms with E-state index < -0.39 is 0 Å². The molecule has 0 unspecified atom stereocenters. The monoisotopic (exact) mass is 514 g/mol. The summed E-state index contributed by atoms with van der Waals surface area (Å²) < 4.78 is 0. The lowest BCUT2D eigenvalue weighted by molar-refractivity contribution is 0.0979. The summed E-state index contributed by atoms with van der Waals surface area (Å²) in [5, 5.41) is 0.697. The van der Waals surface area contributed by atoms with Gasteiger partial charge in [0.15, 0.2) is 17.4 Å². The molecule has 0 saturated heterocycles. The van der Waals surface area contributed by atoms with Gasteiger partial charge in [0.1, 0.15) is 4.83 Å². The van der Waals surface area contributed by atoms with Gasteiger partial charge in [-0.25, -0.2) is 4.98 Å². The second kappa shape index (κ2) is 14.8. The maximum absolute atomic E-state index is 11.9. The summed E-state index contributed by atoms with van der Waals surface area (Å²) in [5.74, 6) is 0.218. The number of thiophene rings is 1. The molecule has 1 aromatic carbocycles.